The summed E-state index contributed by atoms with van der Waals surface area (Å²) < 4.78 is 32.1. The second-order valence-electron chi connectivity index (χ2n) is 6.33. The van der Waals surface area contributed by atoms with E-state index in [9.17, 15) is 18.0 Å². The van der Waals surface area contributed by atoms with Crippen molar-refractivity contribution >= 4 is 33.5 Å². The van der Waals surface area contributed by atoms with Gasteiger partial charge in [0.15, 0.2) is 6.10 Å². The number of carbonyl (C=O) groups is 2. The van der Waals surface area contributed by atoms with E-state index in [-0.39, 0.29) is 22.0 Å². The number of ether oxygens (including phenoxy) is 1. The molecule has 2 aromatic rings. The van der Waals surface area contributed by atoms with Crippen molar-refractivity contribution in [1.82, 2.24) is 9.62 Å². The first-order valence-corrected chi connectivity index (χ1v) is 10.8. The first-order chi connectivity index (χ1) is 13.7. The first kappa shape index (κ1) is 22.9. The monoisotopic (exact) mass is 438 g/mol. The van der Waals surface area contributed by atoms with Gasteiger partial charge in [-0.25, -0.2) is 13.2 Å². The summed E-state index contributed by atoms with van der Waals surface area (Å²) in [4.78, 5) is 24.1. The van der Waals surface area contributed by atoms with Crippen molar-refractivity contribution in [1.29, 1.82) is 0 Å². The van der Waals surface area contributed by atoms with Gasteiger partial charge in [-0.05, 0) is 37.6 Å². The molecule has 9 heteroatoms. The predicted molar refractivity (Wildman–Crippen MR) is 110 cm³/mol. The number of hydrogen-bond donors (Lipinski definition) is 1. The summed E-state index contributed by atoms with van der Waals surface area (Å²) in [6.45, 7) is 3.72. The van der Waals surface area contributed by atoms with Gasteiger partial charge >= 0.3 is 5.97 Å². The zero-order chi connectivity index (χ0) is 21.6. The second kappa shape index (κ2) is 9.87. The molecule has 0 radical (unpaired) electrons. The summed E-state index contributed by atoms with van der Waals surface area (Å²) in [5.41, 5.74) is 0.694. The van der Waals surface area contributed by atoms with Crippen molar-refractivity contribution in [3.63, 3.8) is 0 Å². The number of nitrogens with zero attached hydrogens (tertiary/aromatic N) is 1. The van der Waals surface area contributed by atoms with Gasteiger partial charge in [0, 0.05) is 20.1 Å². The SMILES string of the molecule is CCNC(=O)[C@@H](C)OC(=O)c1cc(S(=O)(=O)N(C)Cc2ccccc2)ccc1Cl. The maximum absolute atomic E-state index is 12.9. The average molecular weight is 439 g/mol. The summed E-state index contributed by atoms with van der Waals surface area (Å²) in [5, 5.41) is 2.57. The Balaban J connectivity index is 2.24. The van der Waals surface area contributed by atoms with Crippen LogP contribution in [0, 0.1) is 0 Å². The quantitative estimate of drug-likeness (QED) is 0.640. The van der Waals surface area contributed by atoms with Crippen LogP contribution in [0.5, 0.6) is 0 Å². The molecule has 0 unspecified atom stereocenters. The molecule has 156 valence electrons. The molecular weight excluding hydrogens is 416 g/mol. The van der Waals surface area contributed by atoms with E-state index in [4.69, 9.17) is 16.3 Å². The Morgan fingerprint density at radius 2 is 1.83 bits per heavy atom. The van der Waals surface area contributed by atoms with Crippen molar-refractivity contribution in [3.05, 3.63) is 64.7 Å². The molecule has 0 saturated carbocycles. The van der Waals surface area contributed by atoms with E-state index in [0.717, 1.165) is 11.6 Å². The molecule has 29 heavy (non-hydrogen) atoms. The third kappa shape index (κ3) is 5.79. The maximum atomic E-state index is 12.9. The molecule has 2 rings (SSSR count). The highest BCUT2D eigenvalue weighted by molar-refractivity contribution is 7.89. The number of likely N-dealkylation sites (N-methyl/N-ethyl adjacent to an activating group) is 1. The van der Waals surface area contributed by atoms with E-state index in [0.29, 0.717) is 6.54 Å². The van der Waals surface area contributed by atoms with E-state index >= 15 is 0 Å². The zero-order valence-electron chi connectivity index (χ0n) is 16.4. The van der Waals surface area contributed by atoms with Crippen LogP contribution >= 0.6 is 11.6 Å². The average Bonchev–Trinajstić information content (AvgIpc) is 2.68. The summed E-state index contributed by atoms with van der Waals surface area (Å²) in [5.74, 6) is -1.33. The van der Waals surface area contributed by atoms with Gasteiger partial charge in [0.2, 0.25) is 10.0 Å². The molecule has 0 bridgehead atoms. The molecule has 7 nitrogen and oxygen atoms in total. The Bertz CT molecular complexity index is 980. The van der Waals surface area contributed by atoms with Crippen LogP contribution < -0.4 is 5.32 Å². The third-order valence-electron chi connectivity index (χ3n) is 4.12. The number of esters is 1. The molecule has 0 aliphatic rings. The number of hydrogen-bond acceptors (Lipinski definition) is 5. The molecule has 0 saturated heterocycles. The second-order valence-corrected chi connectivity index (χ2v) is 8.78. The minimum atomic E-state index is -3.88. The molecule has 0 spiro atoms. The first-order valence-electron chi connectivity index (χ1n) is 8.95. The normalized spacial score (nSPS) is 12.4. The Kier molecular flexibility index (Phi) is 7.78. The number of sulfonamides is 1. The van der Waals surface area contributed by atoms with Crippen molar-refractivity contribution in [2.24, 2.45) is 0 Å². The van der Waals surface area contributed by atoms with Crippen molar-refractivity contribution in [3.8, 4) is 0 Å². The maximum Gasteiger partial charge on any atom is 0.340 e. The van der Waals surface area contributed by atoms with Gasteiger partial charge < -0.3 is 10.1 Å². The molecule has 0 aromatic heterocycles. The van der Waals surface area contributed by atoms with E-state index in [1.807, 2.05) is 30.3 Å². The minimum absolute atomic E-state index is 0.0303. The Morgan fingerprint density at radius 3 is 2.45 bits per heavy atom. The lowest BCUT2D eigenvalue weighted by atomic mass is 10.2. The lowest BCUT2D eigenvalue weighted by Crippen LogP contribution is -2.35. The lowest BCUT2D eigenvalue weighted by molar-refractivity contribution is -0.128. The summed E-state index contributed by atoms with van der Waals surface area (Å²) >= 11 is 6.06. The van der Waals surface area contributed by atoms with Gasteiger partial charge in [0.25, 0.3) is 5.91 Å². The van der Waals surface area contributed by atoms with Gasteiger partial charge in [-0.1, -0.05) is 41.9 Å². The fourth-order valence-corrected chi connectivity index (χ4v) is 3.90. The number of nitrogens with one attached hydrogen (secondary N) is 1. The summed E-state index contributed by atoms with van der Waals surface area (Å²) in [6, 6.07) is 12.9. The lowest BCUT2D eigenvalue weighted by Gasteiger charge is -2.18. The standard InChI is InChI=1S/C20H23ClN2O5S/c1-4-22-19(24)14(2)28-20(25)17-12-16(10-11-18(17)21)29(26,27)23(3)13-15-8-6-5-7-9-15/h5-12,14H,4,13H2,1-3H3,(H,22,24)/t14-/m1/s1. The molecule has 0 fully saturated rings. The van der Waals surface area contributed by atoms with Crippen LogP contribution in [-0.4, -0.2) is 44.3 Å². The van der Waals surface area contributed by atoms with E-state index < -0.39 is 28.0 Å². The number of benzene rings is 2. The Hall–Kier alpha value is -2.42. The highest BCUT2D eigenvalue weighted by Gasteiger charge is 2.25. The number of halogens is 1. The summed E-state index contributed by atoms with van der Waals surface area (Å²) in [7, 11) is -2.43. The number of carbonyl (C=O) groups excluding carboxylic acids is 2. The molecule has 0 heterocycles. The number of amides is 1. The highest BCUT2D eigenvalue weighted by atomic mass is 35.5. The van der Waals surface area contributed by atoms with E-state index in [1.54, 1.807) is 6.92 Å². The number of rotatable bonds is 8. The molecular formula is C20H23ClN2O5S. The van der Waals surface area contributed by atoms with E-state index in [2.05, 4.69) is 5.32 Å². The van der Waals surface area contributed by atoms with E-state index in [1.165, 1.54) is 30.4 Å². The Labute approximate surface area is 175 Å². The largest absolute Gasteiger partial charge is 0.449 e. The van der Waals surface area contributed by atoms with Crippen molar-refractivity contribution in [2.75, 3.05) is 13.6 Å². The smallest absolute Gasteiger partial charge is 0.340 e. The van der Waals surface area contributed by atoms with Gasteiger partial charge in [-0.3, -0.25) is 4.79 Å². The van der Waals surface area contributed by atoms with Gasteiger partial charge in [0.05, 0.1) is 15.5 Å². The van der Waals surface area contributed by atoms with Crippen LogP contribution in [0.4, 0.5) is 0 Å². The molecule has 1 amide bonds. The van der Waals surface area contributed by atoms with Gasteiger partial charge in [0.1, 0.15) is 0 Å². The molecule has 0 aliphatic heterocycles. The van der Waals surface area contributed by atoms with Gasteiger partial charge in [-0.15, -0.1) is 0 Å². The summed E-state index contributed by atoms with van der Waals surface area (Å²) in [6.07, 6.45) is -1.04. The predicted octanol–water partition coefficient (Wildman–Crippen LogP) is 2.84. The van der Waals surface area contributed by atoms with Crippen LogP contribution in [-0.2, 0) is 26.1 Å². The topological polar surface area (TPSA) is 92.8 Å². The molecule has 1 atom stereocenters. The molecule has 2 aromatic carbocycles. The molecule has 0 aliphatic carbocycles. The van der Waals surface area contributed by atoms with Crippen LogP contribution in [0.1, 0.15) is 29.8 Å². The van der Waals surface area contributed by atoms with Crippen molar-refractivity contribution in [2.45, 2.75) is 31.4 Å². The van der Waals surface area contributed by atoms with Crippen LogP contribution in [0.3, 0.4) is 0 Å². The van der Waals surface area contributed by atoms with Gasteiger partial charge in [-0.2, -0.15) is 4.31 Å². The fourth-order valence-electron chi connectivity index (χ4n) is 2.52. The zero-order valence-corrected chi connectivity index (χ0v) is 18.0. The highest BCUT2D eigenvalue weighted by Crippen LogP contribution is 2.24. The third-order valence-corrected chi connectivity index (χ3v) is 6.25. The van der Waals surface area contributed by atoms with Crippen LogP contribution in [0.25, 0.3) is 0 Å². The Morgan fingerprint density at radius 1 is 1.17 bits per heavy atom. The van der Waals surface area contributed by atoms with Crippen LogP contribution in [0.15, 0.2) is 53.4 Å². The van der Waals surface area contributed by atoms with Crippen molar-refractivity contribution < 1.29 is 22.7 Å². The van der Waals surface area contributed by atoms with Crippen LogP contribution in [0.2, 0.25) is 5.02 Å². The molecule has 1 N–H and O–H groups in total. The fraction of sp³-hybridized carbons (Fsp3) is 0.300. The minimum Gasteiger partial charge on any atom is -0.449 e.